The highest BCUT2D eigenvalue weighted by molar-refractivity contribution is 6.05. The van der Waals surface area contributed by atoms with Gasteiger partial charge in [-0.1, -0.05) is 24.3 Å². The lowest BCUT2D eigenvalue weighted by molar-refractivity contribution is -0.384. The van der Waals surface area contributed by atoms with E-state index in [0.717, 1.165) is 5.56 Å². The predicted octanol–water partition coefficient (Wildman–Crippen LogP) is 3.08. The molecule has 0 aliphatic rings. The van der Waals surface area contributed by atoms with Crippen molar-refractivity contribution >= 4 is 23.6 Å². The minimum absolute atomic E-state index is 0.0154. The molecule has 1 aromatic heterocycles. The van der Waals surface area contributed by atoms with Crippen LogP contribution < -0.4 is 10.6 Å². The molecule has 0 aliphatic heterocycles. The Hall–Kier alpha value is -4.33. The third kappa shape index (κ3) is 5.59. The molecule has 2 aromatic carbocycles. The molecule has 3 rings (SSSR count). The number of nitrogens with zero attached hydrogens (tertiary/aromatic N) is 2. The summed E-state index contributed by atoms with van der Waals surface area (Å²) in [6.45, 7) is 0.228. The van der Waals surface area contributed by atoms with Crippen LogP contribution in [0.1, 0.15) is 21.5 Å². The van der Waals surface area contributed by atoms with Gasteiger partial charge < -0.3 is 10.6 Å². The maximum absolute atomic E-state index is 12.7. The van der Waals surface area contributed by atoms with Gasteiger partial charge in [0.25, 0.3) is 17.5 Å². The number of non-ortho nitro benzene ring substituents is 1. The second-order valence-electron chi connectivity index (χ2n) is 6.27. The molecule has 0 unspecified atom stereocenters. The first-order valence-corrected chi connectivity index (χ1v) is 9.02. The minimum atomic E-state index is -0.508. The number of nitrogens with one attached hydrogen (secondary N) is 2. The highest BCUT2D eigenvalue weighted by atomic mass is 16.6. The smallest absolute Gasteiger partial charge is 0.269 e. The topological polar surface area (TPSA) is 114 Å². The fourth-order valence-corrected chi connectivity index (χ4v) is 2.58. The van der Waals surface area contributed by atoms with Gasteiger partial charge >= 0.3 is 0 Å². The molecular weight excluding hydrogens is 384 g/mol. The number of carbonyl (C=O) groups is 2. The largest absolute Gasteiger partial charge is 0.347 e. The van der Waals surface area contributed by atoms with Crippen LogP contribution in [-0.2, 0) is 11.3 Å². The minimum Gasteiger partial charge on any atom is -0.347 e. The zero-order chi connectivity index (χ0) is 21.3. The lowest BCUT2D eigenvalue weighted by atomic mass is 10.1. The second-order valence-corrected chi connectivity index (χ2v) is 6.27. The van der Waals surface area contributed by atoms with Gasteiger partial charge in [-0.05, 0) is 47.5 Å². The molecule has 2 amide bonds. The third-order valence-electron chi connectivity index (χ3n) is 4.12. The Labute approximate surface area is 172 Å². The Kier molecular flexibility index (Phi) is 6.63. The monoisotopic (exact) mass is 402 g/mol. The van der Waals surface area contributed by atoms with E-state index in [1.807, 2.05) is 6.07 Å². The third-order valence-corrected chi connectivity index (χ3v) is 4.12. The zero-order valence-corrected chi connectivity index (χ0v) is 15.8. The van der Waals surface area contributed by atoms with Crippen LogP contribution in [0.5, 0.6) is 0 Å². The highest BCUT2D eigenvalue weighted by Crippen LogP contribution is 2.14. The summed E-state index contributed by atoms with van der Waals surface area (Å²) >= 11 is 0. The molecule has 150 valence electrons. The van der Waals surface area contributed by atoms with Crippen molar-refractivity contribution < 1.29 is 14.5 Å². The van der Waals surface area contributed by atoms with E-state index in [1.165, 1.54) is 30.3 Å². The molecule has 8 nitrogen and oxygen atoms in total. The van der Waals surface area contributed by atoms with Crippen LogP contribution in [0.4, 0.5) is 5.69 Å². The number of benzene rings is 2. The zero-order valence-electron chi connectivity index (χ0n) is 15.8. The first-order chi connectivity index (χ1) is 14.5. The van der Waals surface area contributed by atoms with Gasteiger partial charge in [0.05, 0.1) is 4.92 Å². The average molecular weight is 402 g/mol. The molecule has 30 heavy (non-hydrogen) atoms. The molecule has 0 radical (unpaired) electrons. The van der Waals surface area contributed by atoms with Crippen molar-refractivity contribution in [3.63, 3.8) is 0 Å². The summed E-state index contributed by atoms with van der Waals surface area (Å²) in [5, 5.41) is 16.2. The van der Waals surface area contributed by atoms with E-state index in [9.17, 15) is 19.7 Å². The summed E-state index contributed by atoms with van der Waals surface area (Å²) < 4.78 is 0. The molecule has 8 heteroatoms. The first kappa shape index (κ1) is 20.4. The van der Waals surface area contributed by atoms with Crippen molar-refractivity contribution in [2.45, 2.75) is 6.54 Å². The fraction of sp³-hybridized carbons (Fsp3) is 0.0455. The Bertz CT molecular complexity index is 1070. The van der Waals surface area contributed by atoms with E-state index in [1.54, 1.807) is 48.8 Å². The van der Waals surface area contributed by atoms with Gasteiger partial charge in [0, 0.05) is 36.6 Å². The van der Waals surface area contributed by atoms with E-state index in [-0.39, 0.29) is 17.9 Å². The average Bonchev–Trinajstić information content (AvgIpc) is 2.78. The highest BCUT2D eigenvalue weighted by Gasteiger charge is 2.15. The SMILES string of the molecule is O=C(NCc1cccnc1)C(=Cc1ccc([N+](=O)[O-])cc1)NC(=O)c1ccccc1. The molecule has 2 N–H and O–H groups in total. The number of nitro benzene ring substituents is 1. The van der Waals surface area contributed by atoms with Gasteiger partial charge in [0.1, 0.15) is 5.70 Å². The normalized spacial score (nSPS) is 10.9. The molecular formula is C22H18N4O4. The Morgan fingerprint density at radius 2 is 1.73 bits per heavy atom. The predicted molar refractivity (Wildman–Crippen MR) is 111 cm³/mol. The van der Waals surface area contributed by atoms with Crippen molar-refractivity contribution in [3.8, 4) is 0 Å². The van der Waals surface area contributed by atoms with Crippen LogP contribution in [-0.4, -0.2) is 21.7 Å². The molecule has 1 heterocycles. The van der Waals surface area contributed by atoms with Crippen LogP contribution in [0.15, 0.2) is 84.8 Å². The first-order valence-electron chi connectivity index (χ1n) is 9.02. The molecule has 0 spiro atoms. The van der Waals surface area contributed by atoms with E-state index in [2.05, 4.69) is 15.6 Å². The maximum Gasteiger partial charge on any atom is 0.269 e. The standard InChI is InChI=1S/C22H18N4O4/c27-21(18-6-2-1-3-7-18)25-20(13-16-8-10-19(11-9-16)26(29)30)22(28)24-15-17-5-4-12-23-14-17/h1-14H,15H2,(H,24,28)(H,25,27). The summed E-state index contributed by atoms with van der Waals surface area (Å²) in [5.74, 6) is -0.943. The summed E-state index contributed by atoms with van der Waals surface area (Å²) in [4.78, 5) is 39.6. The van der Waals surface area contributed by atoms with Crippen molar-refractivity contribution in [2.24, 2.45) is 0 Å². The number of pyridine rings is 1. The number of aromatic nitrogens is 1. The van der Waals surface area contributed by atoms with Crippen molar-refractivity contribution in [3.05, 3.63) is 112 Å². The molecule has 0 saturated carbocycles. The van der Waals surface area contributed by atoms with E-state index in [4.69, 9.17) is 0 Å². The summed E-state index contributed by atoms with van der Waals surface area (Å²) in [6.07, 6.45) is 4.72. The number of hydrogen-bond acceptors (Lipinski definition) is 5. The van der Waals surface area contributed by atoms with E-state index in [0.29, 0.717) is 11.1 Å². The Balaban J connectivity index is 1.82. The van der Waals surface area contributed by atoms with Crippen LogP contribution in [0.2, 0.25) is 0 Å². The molecule has 0 aliphatic carbocycles. The fourth-order valence-electron chi connectivity index (χ4n) is 2.58. The van der Waals surface area contributed by atoms with Crippen LogP contribution in [0.25, 0.3) is 6.08 Å². The van der Waals surface area contributed by atoms with Gasteiger partial charge in [-0.2, -0.15) is 0 Å². The van der Waals surface area contributed by atoms with Gasteiger partial charge in [0.15, 0.2) is 0 Å². The van der Waals surface area contributed by atoms with Gasteiger partial charge in [-0.25, -0.2) is 0 Å². The summed E-state index contributed by atoms with van der Waals surface area (Å²) in [5.41, 5.74) is 1.67. The van der Waals surface area contributed by atoms with E-state index < -0.39 is 16.7 Å². The van der Waals surface area contributed by atoms with Crippen molar-refractivity contribution in [2.75, 3.05) is 0 Å². The summed E-state index contributed by atoms with van der Waals surface area (Å²) in [7, 11) is 0. The number of nitro groups is 1. The van der Waals surface area contributed by atoms with Crippen LogP contribution in [0.3, 0.4) is 0 Å². The number of hydrogen-bond donors (Lipinski definition) is 2. The molecule has 0 saturated heterocycles. The van der Waals surface area contributed by atoms with E-state index >= 15 is 0 Å². The van der Waals surface area contributed by atoms with Gasteiger partial charge in [-0.3, -0.25) is 24.7 Å². The maximum atomic E-state index is 12.7. The molecule has 0 atom stereocenters. The Morgan fingerprint density at radius 1 is 1.00 bits per heavy atom. The second kappa shape index (κ2) is 9.74. The lowest BCUT2D eigenvalue weighted by Crippen LogP contribution is -2.34. The van der Waals surface area contributed by atoms with Crippen molar-refractivity contribution in [1.29, 1.82) is 0 Å². The lowest BCUT2D eigenvalue weighted by Gasteiger charge is -2.11. The number of rotatable bonds is 7. The van der Waals surface area contributed by atoms with Gasteiger partial charge in [-0.15, -0.1) is 0 Å². The van der Waals surface area contributed by atoms with Crippen LogP contribution in [0, 0.1) is 10.1 Å². The summed E-state index contributed by atoms with van der Waals surface area (Å²) in [6, 6.07) is 17.7. The number of carbonyl (C=O) groups excluding carboxylic acids is 2. The van der Waals surface area contributed by atoms with Crippen LogP contribution >= 0.6 is 0 Å². The molecule has 0 bridgehead atoms. The molecule has 0 fully saturated rings. The quantitative estimate of drug-likeness (QED) is 0.358. The number of amides is 2. The molecule has 3 aromatic rings. The van der Waals surface area contributed by atoms with Crippen molar-refractivity contribution in [1.82, 2.24) is 15.6 Å². The van der Waals surface area contributed by atoms with Gasteiger partial charge in [0.2, 0.25) is 0 Å². The Morgan fingerprint density at radius 3 is 2.37 bits per heavy atom.